The number of anilines is 1. The third kappa shape index (κ3) is 4.03. The Hall–Kier alpha value is -4.59. The molecule has 6 rings (SSSR count). The molecule has 2 aromatic carbocycles. The van der Waals surface area contributed by atoms with Crippen LogP contribution in [0.25, 0.3) is 34.0 Å². The van der Waals surface area contributed by atoms with Crippen molar-refractivity contribution in [3.8, 4) is 40.1 Å². The summed E-state index contributed by atoms with van der Waals surface area (Å²) in [5.74, 6) is -2.87. The van der Waals surface area contributed by atoms with E-state index in [9.17, 15) is 28.3 Å². The molecule has 4 aromatic rings. The highest BCUT2D eigenvalue weighted by molar-refractivity contribution is 5.81. The number of carboxylic acids is 1. The van der Waals surface area contributed by atoms with Gasteiger partial charge in [0.25, 0.3) is 0 Å². The maximum atomic E-state index is 14.3. The molecule has 1 unspecified atom stereocenters. The van der Waals surface area contributed by atoms with Gasteiger partial charge in [-0.15, -0.1) is 0 Å². The molecule has 11 heteroatoms. The molecule has 0 aliphatic heterocycles. The van der Waals surface area contributed by atoms with E-state index >= 15 is 0 Å². The van der Waals surface area contributed by atoms with Crippen molar-refractivity contribution in [1.82, 2.24) is 10.3 Å². The fraction of sp³-hybridized carbons (Fsp3) is 0.286. The molecule has 1 saturated carbocycles. The number of alkyl halides is 3. The molecule has 0 amide bonds. The van der Waals surface area contributed by atoms with Crippen LogP contribution in [0.4, 0.5) is 18.9 Å². The lowest BCUT2D eigenvalue weighted by atomic mass is 9.78. The van der Waals surface area contributed by atoms with Gasteiger partial charge in [-0.3, -0.25) is 4.79 Å². The van der Waals surface area contributed by atoms with E-state index < -0.39 is 29.4 Å². The van der Waals surface area contributed by atoms with Gasteiger partial charge in [0.15, 0.2) is 0 Å². The molecule has 0 radical (unpaired) electrons. The summed E-state index contributed by atoms with van der Waals surface area (Å²) in [5.41, 5.74) is 1.58. The van der Waals surface area contributed by atoms with Crippen LogP contribution in [0.5, 0.6) is 0 Å². The van der Waals surface area contributed by atoms with Crippen LogP contribution in [0.2, 0.25) is 0 Å². The summed E-state index contributed by atoms with van der Waals surface area (Å²) < 4.78 is 53.6. The van der Waals surface area contributed by atoms with E-state index in [0.29, 0.717) is 18.4 Å². The van der Waals surface area contributed by atoms with E-state index in [2.05, 4.69) is 16.4 Å². The van der Waals surface area contributed by atoms with Gasteiger partial charge in [0.05, 0.1) is 17.9 Å². The van der Waals surface area contributed by atoms with Crippen LogP contribution in [0, 0.1) is 17.2 Å². The van der Waals surface area contributed by atoms with Gasteiger partial charge in [0.2, 0.25) is 11.5 Å². The summed E-state index contributed by atoms with van der Waals surface area (Å²) in [6.07, 6.45) is -3.48. The average Bonchev–Trinajstić information content (AvgIpc) is 3.52. The van der Waals surface area contributed by atoms with E-state index in [1.54, 1.807) is 24.3 Å². The van der Waals surface area contributed by atoms with Gasteiger partial charge in [0.1, 0.15) is 17.0 Å². The number of benzene rings is 2. The molecular weight excluding hydrogens is 513 g/mol. The van der Waals surface area contributed by atoms with Gasteiger partial charge in [0, 0.05) is 35.5 Å². The highest BCUT2D eigenvalue weighted by Gasteiger charge is 2.45. The van der Waals surface area contributed by atoms with Crippen molar-refractivity contribution in [3.63, 3.8) is 0 Å². The number of aliphatic carboxylic acids is 1. The minimum absolute atomic E-state index is 0.0831. The fourth-order valence-electron chi connectivity index (χ4n) is 5.43. The monoisotopic (exact) mass is 534 g/mol. The van der Waals surface area contributed by atoms with Crippen molar-refractivity contribution >= 4 is 11.7 Å². The van der Waals surface area contributed by atoms with Crippen molar-refractivity contribution in [2.75, 3.05) is 11.9 Å². The zero-order valence-corrected chi connectivity index (χ0v) is 20.6. The molecule has 2 aromatic heterocycles. The SMILES string of the molecule is CN(c1ccc2c(c1)CC(C#N)c1c-2noc1-c1onc(-c2ccccc2)c1C(F)(F)F)C1CC(C(=O)O)C1. The smallest absolute Gasteiger partial charge is 0.422 e. The number of nitriles is 1. The maximum Gasteiger partial charge on any atom is 0.422 e. The molecule has 1 N–H and O–H groups in total. The van der Waals surface area contributed by atoms with Crippen LogP contribution >= 0.6 is 0 Å². The summed E-state index contributed by atoms with van der Waals surface area (Å²) in [4.78, 5) is 13.2. The Labute approximate surface area is 220 Å². The number of nitrogens with zero attached hydrogens (tertiary/aromatic N) is 4. The molecule has 8 nitrogen and oxygen atoms in total. The third-order valence-electron chi connectivity index (χ3n) is 7.65. The first-order valence-corrected chi connectivity index (χ1v) is 12.3. The molecule has 0 saturated heterocycles. The number of rotatable bonds is 5. The topological polar surface area (TPSA) is 116 Å². The number of hydrogen-bond donors (Lipinski definition) is 1. The van der Waals surface area contributed by atoms with Crippen molar-refractivity contribution in [2.24, 2.45) is 5.92 Å². The minimum Gasteiger partial charge on any atom is -0.481 e. The summed E-state index contributed by atoms with van der Waals surface area (Å²) in [6, 6.07) is 15.7. The quantitative estimate of drug-likeness (QED) is 0.324. The second-order valence-electron chi connectivity index (χ2n) is 9.87. The van der Waals surface area contributed by atoms with Gasteiger partial charge in [-0.05, 0) is 37.0 Å². The standard InChI is InChI=1S/C28H21F3N4O4/c1-35(19-11-16(12-19)27(36)37)18-7-8-20-15(10-18)9-17(13-32)21-24(20)34-38-25(21)26-22(28(29,30)31)23(33-39-26)14-5-3-2-4-6-14/h2-8,10,16-17,19H,9,11-12H2,1H3,(H,36,37). The molecule has 2 aliphatic carbocycles. The first-order valence-electron chi connectivity index (χ1n) is 12.3. The van der Waals surface area contributed by atoms with E-state index in [4.69, 9.17) is 9.05 Å². The molecule has 1 fully saturated rings. The average molecular weight is 534 g/mol. The molecule has 1 atom stereocenters. The predicted octanol–water partition coefficient (Wildman–Crippen LogP) is 6.15. The van der Waals surface area contributed by atoms with Crippen LogP contribution in [0.1, 0.15) is 35.4 Å². The van der Waals surface area contributed by atoms with E-state index in [0.717, 1.165) is 11.3 Å². The molecule has 0 spiro atoms. The molecular formula is C28H21F3N4O4. The van der Waals surface area contributed by atoms with Gasteiger partial charge >= 0.3 is 12.1 Å². The Morgan fingerprint density at radius 2 is 1.77 bits per heavy atom. The molecule has 0 bridgehead atoms. The van der Waals surface area contributed by atoms with Crippen molar-refractivity contribution in [1.29, 1.82) is 5.26 Å². The lowest BCUT2D eigenvalue weighted by Crippen LogP contribution is -2.45. The lowest BCUT2D eigenvalue weighted by molar-refractivity contribution is -0.145. The number of carbonyl (C=O) groups is 1. The number of carboxylic acid groups (broad SMARTS) is 1. The number of halogens is 3. The highest BCUT2D eigenvalue weighted by atomic mass is 19.4. The predicted molar refractivity (Wildman–Crippen MR) is 132 cm³/mol. The Bertz CT molecular complexity index is 1610. The van der Waals surface area contributed by atoms with Gasteiger partial charge in [-0.1, -0.05) is 46.7 Å². The van der Waals surface area contributed by atoms with Gasteiger partial charge in [-0.2, -0.15) is 18.4 Å². The Kier molecular flexibility index (Phi) is 5.71. The van der Waals surface area contributed by atoms with Crippen LogP contribution in [-0.2, 0) is 17.4 Å². The second-order valence-corrected chi connectivity index (χ2v) is 9.87. The normalized spacial score (nSPS) is 19.9. The zero-order valence-electron chi connectivity index (χ0n) is 20.6. The summed E-state index contributed by atoms with van der Waals surface area (Å²) in [5, 5.41) is 27.0. The second kappa shape index (κ2) is 9.01. The Morgan fingerprint density at radius 1 is 1.08 bits per heavy atom. The maximum absolute atomic E-state index is 14.3. The molecule has 39 heavy (non-hydrogen) atoms. The Morgan fingerprint density at radius 3 is 2.44 bits per heavy atom. The molecule has 2 aliphatic rings. The molecule has 198 valence electrons. The van der Waals surface area contributed by atoms with Crippen molar-refractivity contribution in [2.45, 2.75) is 37.4 Å². The first kappa shape index (κ1) is 24.7. The number of fused-ring (bicyclic) bond motifs is 3. The highest BCUT2D eigenvalue weighted by Crippen LogP contribution is 2.49. The number of hydrogen-bond acceptors (Lipinski definition) is 7. The van der Waals surface area contributed by atoms with Crippen LogP contribution < -0.4 is 4.90 Å². The van der Waals surface area contributed by atoms with E-state index in [-0.39, 0.29) is 46.7 Å². The van der Waals surface area contributed by atoms with Crippen LogP contribution in [-0.4, -0.2) is 34.5 Å². The first-order chi connectivity index (χ1) is 18.7. The van der Waals surface area contributed by atoms with Gasteiger partial charge < -0.3 is 19.1 Å². The summed E-state index contributed by atoms with van der Waals surface area (Å²) >= 11 is 0. The van der Waals surface area contributed by atoms with E-state index in [1.807, 2.05) is 24.1 Å². The third-order valence-corrected chi connectivity index (χ3v) is 7.65. The largest absolute Gasteiger partial charge is 0.481 e. The van der Waals surface area contributed by atoms with Crippen molar-refractivity contribution in [3.05, 3.63) is 65.2 Å². The Balaban J connectivity index is 1.40. The lowest BCUT2D eigenvalue weighted by Gasteiger charge is -2.40. The van der Waals surface area contributed by atoms with Crippen LogP contribution in [0.15, 0.2) is 57.6 Å². The molecule has 2 heterocycles. The van der Waals surface area contributed by atoms with Gasteiger partial charge in [-0.25, -0.2) is 0 Å². The number of aromatic nitrogens is 2. The van der Waals surface area contributed by atoms with E-state index in [1.165, 1.54) is 12.1 Å². The zero-order chi connectivity index (χ0) is 27.5. The van der Waals surface area contributed by atoms with Crippen molar-refractivity contribution < 1.29 is 32.1 Å². The van der Waals surface area contributed by atoms with Crippen LogP contribution in [0.3, 0.4) is 0 Å². The summed E-state index contributed by atoms with van der Waals surface area (Å²) in [7, 11) is 1.89. The summed E-state index contributed by atoms with van der Waals surface area (Å²) in [6.45, 7) is 0. The fourth-order valence-corrected chi connectivity index (χ4v) is 5.43. The minimum atomic E-state index is -4.81.